The van der Waals surface area contributed by atoms with Gasteiger partial charge < -0.3 is 15.5 Å². The number of amides is 1. The first-order valence-corrected chi connectivity index (χ1v) is 12.1. The highest BCUT2D eigenvalue weighted by Crippen LogP contribution is 2.35. The molecule has 0 bridgehead atoms. The second kappa shape index (κ2) is 10.0. The van der Waals surface area contributed by atoms with Gasteiger partial charge in [0.1, 0.15) is 11.4 Å². The van der Waals surface area contributed by atoms with Gasteiger partial charge in [0.05, 0.1) is 23.0 Å². The third-order valence-electron chi connectivity index (χ3n) is 5.34. The van der Waals surface area contributed by atoms with E-state index in [9.17, 15) is 36.0 Å². The van der Waals surface area contributed by atoms with Crippen LogP contribution in [0.25, 0.3) is 0 Å². The number of para-hydroxylation sites is 1. The fourth-order valence-corrected chi connectivity index (χ4v) is 4.05. The Balaban J connectivity index is 2.06. The average Bonchev–Trinajstić information content (AvgIpc) is 2.83. The lowest BCUT2D eigenvalue weighted by Crippen LogP contribution is -2.37. The normalized spacial score (nSPS) is 12.7. The molecule has 3 N–H and O–H groups in total. The van der Waals surface area contributed by atoms with E-state index in [4.69, 9.17) is 0 Å². The summed E-state index contributed by atoms with van der Waals surface area (Å²) < 4.78 is 64.5. The zero-order valence-corrected chi connectivity index (χ0v) is 20.3. The van der Waals surface area contributed by atoms with E-state index in [2.05, 4.69) is 10.6 Å². The van der Waals surface area contributed by atoms with Crippen LogP contribution in [0.3, 0.4) is 0 Å². The largest absolute Gasteiger partial charge is 0.516 e. The molecule has 1 atom stereocenters. The number of sulfonamides is 1. The van der Waals surface area contributed by atoms with Crippen molar-refractivity contribution in [1.82, 2.24) is 4.90 Å². The van der Waals surface area contributed by atoms with Crippen LogP contribution >= 0.6 is 0 Å². The molecule has 0 aliphatic heterocycles. The van der Waals surface area contributed by atoms with Crippen molar-refractivity contribution in [2.24, 2.45) is 0 Å². The lowest BCUT2D eigenvalue weighted by atomic mass is 10.0. The maximum absolute atomic E-state index is 13.1. The predicted octanol–water partition coefficient (Wildman–Crippen LogP) is 3.55. The average molecular weight is 525 g/mol. The molecule has 36 heavy (non-hydrogen) atoms. The van der Waals surface area contributed by atoms with Crippen molar-refractivity contribution in [3.05, 3.63) is 80.1 Å². The van der Waals surface area contributed by atoms with E-state index in [1.807, 2.05) is 25.1 Å². The molecule has 0 aliphatic rings. The summed E-state index contributed by atoms with van der Waals surface area (Å²) in [5.41, 5.74) is -8.45. The number of anilines is 4. The topological polar surface area (TPSA) is 125 Å². The summed E-state index contributed by atoms with van der Waals surface area (Å²) in [5.74, 6) is -0.794. The molecule has 1 amide bonds. The first-order valence-electron chi connectivity index (χ1n) is 10.6. The summed E-state index contributed by atoms with van der Waals surface area (Å²) in [6.07, 6.45) is 0.533. The number of hydrogen-bond donors (Lipinski definition) is 3. The number of nitrogens with zero attached hydrogens (tertiary/aromatic N) is 1. The van der Waals surface area contributed by atoms with Crippen LogP contribution in [0.4, 0.5) is 35.9 Å². The number of carbonyl (C=O) groups is 1. The minimum absolute atomic E-state index is 0.107. The number of alkyl halides is 3. The number of benzene rings is 2. The Morgan fingerprint density at radius 1 is 0.944 bits per heavy atom. The number of hydrogen-bond acceptors (Lipinski definition) is 7. The van der Waals surface area contributed by atoms with Crippen molar-refractivity contribution in [2.75, 3.05) is 29.5 Å². The van der Waals surface area contributed by atoms with Crippen LogP contribution in [-0.2, 0) is 10.0 Å². The van der Waals surface area contributed by atoms with Crippen LogP contribution in [-0.4, -0.2) is 38.8 Å². The standard InChI is InChI=1S/C23H23F3N4O5S/c1-4-15(13-9-6-5-7-10-13)27-18-19(21(32)20(18)31)28-16-12-8-11-14(22(33)30(2)3)17(16)29-36(34,35)23(24,25)26/h5-12,15,27-29H,4H2,1-3H3/t15-/m1/s1. The number of carbonyl (C=O) groups excluding carboxylic acids is 1. The summed E-state index contributed by atoms with van der Waals surface area (Å²) in [5, 5.41) is 5.52. The quantitative estimate of drug-likeness (QED) is 0.366. The molecular formula is C23H23F3N4O5S. The summed E-state index contributed by atoms with van der Waals surface area (Å²) >= 11 is 0. The molecule has 0 saturated carbocycles. The number of halogens is 3. The molecule has 3 aromatic carbocycles. The van der Waals surface area contributed by atoms with Crippen molar-refractivity contribution < 1.29 is 26.4 Å². The van der Waals surface area contributed by atoms with Crippen molar-refractivity contribution in [3.8, 4) is 0 Å². The van der Waals surface area contributed by atoms with Crippen LogP contribution in [0, 0.1) is 0 Å². The van der Waals surface area contributed by atoms with Crippen molar-refractivity contribution in [1.29, 1.82) is 0 Å². The molecule has 13 heteroatoms. The number of rotatable bonds is 9. The molecule has 0 fully saturated rings. The molecule has 0 spiro atoms. The summed E-state index contributed by atoms with van der Waals surface area (Å²) in [7, 11) is -3.26. The zero-order valence-electron chi connectivity index (χ0n) is 19.4. The van der Waals surface area contributed by atoms with E-state index >= 15 is 0 Å². The second-order valence-corrected chi connectivity index (χ2v) is 9.70. The van der Waals surface area contributed by atoms with Gasteiger partial charge in [-0.2, -0.15) is 21.6 Å². The zero-order chi connectivity index (χ0) is 26.8. The van der Waals surface area contributed by atoms with Crippen LogP contribution < -0.4 is 26.2 Å². The van der Waals surface area contributed by atoms with Gasteiger partial charge in [-0.05, 0) is 24.1 Å². The van der Waals surface area contributed by atoms with Crippen LogP contribution in [0.15, 0.2) is 58.1 Å². The van der Waals surface area contributed by atoms with Gasteiger partial charge in [-0.25, -0.2) is 0 Å². The molecule has 0 saturated heterocycles. The van der Waals surface area contributed by atoms with Gasteiger partial charge in [0.2, 0.25) is 0 Å². The Labute approximate surface area is 204 Å². The minimum atomic E-state index is -5.92. The molecule has 0 aliphatic carbocycles. The molecule has 9 nitrogen and oxygen atoms in total. The van der Waals surface area contributed by atoms with Gasteiger partial charge in [-0.15, -0.1) is 0 Å². The smallest absolute Gasteiger partial charge is 0.373 e. The molecule has 0 aromatic heterocycles. The monoisotopic (exact) mass is 524 g/mol. The molecule has 0 radical (unpaired) electrons. The fraction of sp³-hybridized carbons (Fsp3) is 0.261. The van der Waals surface area contributed by atoms with E-state index in [-0.39, 0.29) is 23.1 Å². The Morgan fingerprint density at radius 3 is 2.11 bits per heavy atom. The van der Waals surface area contributed by atoms with Crippen molar-refractivity contribution in [3.63, 3.8) is 0 Å². The van der Waals surface area contributed by atoms with Gasteiger partial charge in [0.25, 0.3) is 16.8 Å². The van der Waals surface area contributed by atoms with Crippen LogP contribution in [0.2, 0.25) is 0 Å². The lowest BCUT2D eigenvalue weighted by molar-refractivity contribution is -0.0429. The van der Waals surface area contributed by atoms with E-state index in [1.165, 1.54) is 31.0 Å². The number of nitrogens with one attached hydrogen (secondary N) is 3. The van der Waals surface area contributed by atoms with Crippen molar-refractivity contribution in [2.45, 2.75) is 24.9 Å². The SMILES string of the molecule is CC[C@@H](Nc1c(Nc2cccc(C(=O)N(C)C)c2NS(=O)(=O)C(F)(F)F)c(=O)c1=O)c1ccccc1. The Hall–Kier alpha value is -3.87. The highest BCUT2D eigenvalue weighted by molar-refractivity contribution is 7.93. The maximum atomic E-state index is 13.1. The molecule has 0 heterocycles. The van der Waals surface area contributed by atoms with Crippen LogP contribution in [0.5, 0.6) is 0 Å². The van der Waals surface area contributed by atoms with E-state index in [0.29, 0.717) is 6.42 Å². The highest BCUT2D eigenvalue weighted by Gasteiger charge is 2.47. The third-order valence-corrected chi connectivity index (χ3v) is 6.42. The van der Waals surface area contributed by atoms with Gasteiger partial charge >= 0.3 is 15.5 Å². The summed E-state index contributed by atoms with van der Waals surface area (Å²) in [6.45, 7) is 1.85. The summed E-state index contributed by atoms with van der Waals surface area (Å²) in [6, 6.07) is 12.3. The first-order chi connectivity index (χ1) is 16.8. The molecular weight excluding hydrogens is 501 g/mol. The molecule has 3 aromatic rings. The molecule has 192 valence electrons. The first kappa shape index (κ1) is 26.7. The second-order valence-electron chi connectivity index (χ2n) is 8.03. The van der Waals surface area contributed by atoms with E-state index in [1.54, 1.807) is 12.1 Å². The lowest BCUT2D eigenvalue weighted by Gasteiger charge is -2.24. The van der Waals surface area contributed by atoms with Gasteiger partial charge in [0, 0.05) is 14.1 Å². The third kappa shape index (κ3) is 5.20. The molecule has 3 rings (SSSR count). The Morgan fingerprint density at radius 2 is 1.56 bits per heavy atom. The van der Waals surface area contributed by atoms with Crippen LogP contribution in [0.1, 0.15) is 35.3 Å². The maximum Gasteiger partial charge on any atom is 0.516 e. The van der Waals surface area contributed by atoms with Gasteiger partial charge in [-0.3, -0.25) is 19.1 Å². The fourth-order valence-electron chi connectivity index (χ4n) is 3.44. The Kier molecular flexibility index (Phi) is 7.43. The van der Waals surface area contributed by atoms with Crippen molar-refractivity contribution >= 4 is 38.7 Å². The van der Waals surface area contributed by atoms with Gasteiger partial charge in [0.15, 0.2) is 0 Å². The van der Waals surface area contributed by atoms with Gasteiger partial charge in [-0.1, -0.05) is 43.3 Å². The minimum Gasteiger partial charge on any atom is -0.373 e. The van der Waals surface area contributed by atoms with E-state index in [0.717, 1.165) is 16.5 Å². The Bertz CT molecular complexity index is 1450. The summed E-state index contributed by atoms with van der Waals surface area (Å²) in [4.78, 5) is 38.3. The predicted molar refractivity (Wildman–Crippen MR) is 131 cm³/mol. The highest BCUT2D eigenvalue weighted by atomic mass is 32.2. The molecule has 0 unspecified atom stereocenters. The van der Waals surface area contributed by atoms with E-state index < -0.39 is 43.5 Å².